The maximum absolute atomic E-state index is 12.5. The normalized spacial score (nSPS) is 14.7. The van der Waals surface area contributed by atoms with Crippen molar-refractivity contribution < 1.29 is 14.7 Å². The second kappa shape index (κ2) is 6.16. The van der Waals surface area contributed by atoms with Crippen LogP contribution in [0.15, 0.2) is 18.2 Å². The molecule has 5 heteroatoms. The summed E-state index contributed by atoms with van der Waals surface area (Å²) in [5.41, 5.74) is 2.04. The van der Waals surface area contributed by atoms with Crippen LogP contribution in [0.25, 0.3) is 0 Å². The van der Waals surface area contributed by atoms with Crippen LogP contribution in [0.5, 0.6) is 0 Å². The highest BCUT2D eigenvalue weighted by atomic mass is 16.4. The predicted octanol–water partition coefficient (Wildman–Crippen LogP) is 2.85. The number of hydrogen-bond acceptors (Lipinski definition) is 2. The molecule has 1 heterocycles. The van der Waals surface area contributed by atoms with Crippen LogP contribution in [-0.4, -0.2) is 42.1 Å². The van der Waals surface area contributed by atoms with E-state index in [9.17, 15) is 9.59 Å². The van der Waals surface area contributed by atoms with Crippen LogP contribution in [-0.2, 0) is 6.42 Å². The van der Waals surface area contributed by atoms with E-state index in [2.05, 4.69) is 13.8 Å². The lowest BCUT2D eigenvalue weighted by atomic mass is 10.1. The first-order valence-corrected chi connectivity index (χ1v) is 7.32. The number of benzene rings is 1. The van der Waals surface area contributed by atoms with Gasteiger partial charge in [0.15, 0.2) is 0 Å². The molecule has 1 aliphatic heterocycles. The number of anilines is 1. The van der Waals surface area contributed by atoms with E-state index in [1.165, 1.54) is 0 Å². The maximum atomic E-state index is 12.5. The van der Waals surface area contributed by atoms with Crippen LogP contribution < -0.4 is 4.90 Å². The lowest BCUT2D eigenvalue weighted by Crippen LogP contribution is -2.42. The number of urea groups is 1. The van der Waals surface area contributed by atoms with Gasteiger partial charge in [-0.3, -0.25) is 4.90 Å². The van der Waals surface area contributed by atoms with Crippen molar-refractivity contribution in [3.8, 4) is 0 Å². The summed E-state index contributed by atoms with van der Waals surface area (Å²) < 4.78 is 0. The van der Waals surface area contributed by atoms with Gasteiger partial charge >= 0.3 is 12.0 Å². The van der Waals surface area contributed by atoms with Crippen molar-refractivity contribution in [3.05, 3.63) is 29.3 Å². The fraction of sp³-hybridized carbons (Fsp3) is 0.500. The van der Waals surface area contributed by atoms with Gasteiger partial charge in [-0.25, -0.2) is 9.59 Å². The predicted molar refractivity (Wildman–Crippen MR) is 81.9 cm³/mol. The molecule has 0 spiro atoms. The summed E-state index contributed by atoms with van der Waals surface area (Å²) in [7, 11) is 1.82. The topological polar surface area (TPSA) is 60.9 Å². The highest BCUT2D eigenvalue weighted by Crippen LogP contribution is 2.29. The number of carbonyl (C=O) groups is 2. The zero-order valence-corrected chi connectivity index (χ0v) is 12.8. The molecule has 1 aliphatic rings. The van der Waals surface area contributed by atoms with Crippen LogP contribution in [0.1, 0.15) is 36.2 Å². The molecule has 1 atom stereocenters. The Morgan fingerprint density at radius 2 is 2.14 bits per heavy atom. The van der Waals surface area contributed by atoms with E-state index in [0.717, 1.165) is 24.2 Å². The minimum absolute atomic E-state index is 0.0166. The third kappa shape index (κ3) is 3.17. The van der Waals surface area contributed by atoms with Crippen LogP contribution in [0.3, 0.4) is 0 Å². The molecule has 114 valence electrons. The number of aromatic carboxylic acids is 1. The molecule has 2 amide bonds. The van der Waals surface area contributed by atoms with E-state index >= 15 is 0 Å². The Bertz CT molecular complexity index is 556. The first kappa shape index (κ1) is 15.4. The zero-order chi connectivity index (χ0) is 15.6. The number of carboxylic acid groups (broad SMARTS) is 1. The van der Waals surface area contributed by atoms with Crippen molar-refractivity contribution in [2.75, 3.05) is 25.0 Å². The quantitative estimate of drug-likeness (QED) is 0.927. The molecule has 0 aromatic heterocycles. The van der Waals surface area contributed by atoms with Gasteiger partial charge in [-0.1, -0.05) is 20.3 Å². The molecule has 0 bridgehead atoms. The lowest BCUT2D eigenvalue weighted by molar-refractivity contribution is 0.0697. The summed E-state index contributed by atoms with van der Waals surface area (Å²) in [4.78, 5) is 27.0. The number of carbonyl (C=O) groups excluding carboxylic acids is 1. The van der Waals surface area contributed by atoms with Crippen molar-refractivity contribution in [1.29, 1.82) is 0 Å². The highest BCUT2D eigenvalue weighted by Gasteiger charge is 2.27. The Labute approximate surface area is 125 Å². The van der Waals surface area contributed by atoms with Gasteiger partial charge in [-0.05, 0) is 36.1 Å². The highest BCUT2D eigenvalue weighted by molar-refractivity contribution is 5.95. The Balaban J connectivity index is 2.15. The number of hydrogen-bond donors (Lipinski definition) is 1. The molecule has 0 saturated carbocycles. The van der Waals surface area contributed by atoms with Gasteiger partial charge in [0, 0.05) is 25.8 Å². The second-order valence-corrected chi connectivity index (χ2v) is 5.73. The molecule has 0 saturated heterocycles. The molecular formula is C16H22N2O3. The number of amides is 2. The summed E-state index contributed by atoms with van der Waals surface area (Å²) in [5.74, 6) is -0.466. The molecule has 1 unspecified atom stereocenters. The van der Waals surface area contributed by atoms with Crippen molar-refractivity contribution >= 4 is 17.7 Å². The summed E-state index contributed by atoms with van der Waals surface area (Å²) in [6.07, 6.45) is 1.75. The summed E-state index contributed by atoms with van der Waals surface area (Å²) in [5, 5.41) is 9.02. The third-order valence-electron chi connectivity index (χ3n) is 4.06. The lowest BCUT2D eigenvalue weighted by Gasteiger charge is -2.27. The Hall–Kier alpha value is -2.04. The average Bonchev–Trinajstić information content (AvgIpc) is 2.88. The number of fused-ring (bicyclic) bond motifs is 1. The molecule has 1 aromatic carbocycles. The van der Waals surface area contributed by atoms with E-state index in [4.69, 9.17) is 5.11 Å². The second-order valence-electron chi connectivity index (χ2n) is 5.73. The zero-order valence-electron chi connectivity index (χ0n) is 12.8. The van der Waals surface area contributed by atoms with E-state index < -0.39 is 5.97 Å². The molecule has 0 aliphatic carbocycles. The van der Waals surface area contributed by atoms with Crippen LogP contribution in [0.2, 0.25) is 0 Å². The Morgan fingerprint density at radius 1 is 1.43 bits per heavy atom. The standard InChI is InChI=1S/C16H22N2O3/c1-4-11(2)10-17(3)16(21)18-8-7-12-9-13(15(19)20)5-6-14(12)18/h5-6,9,11H,4,7-8,10H2,1-3H3,(H,19,20). The van der Waals surface area contributed by atoms with Crippen LogP contribution >= 0.6 is 0 Å². The minimum Gasteiger partial charge on any atom is -0.478 e. The fourth-order valence-electron chi connectivity index (χ4n) is 2.61. The molecule has 2 rings (SSSR count). The van der Waals surface area contributed by atoms with Gasteiger partial charge in [0.1, 0.15) is 0 Å². The molecule has 0 fully saturated rings. The molecule has 21 heavy (non-hydrogen) atoms. The van der Waals surface area contributed by atoms with E-state index in [1.807, 2.05) is 7.05 Å². The maximum Gasteiger partial charge on any atom is 0.335 e. The molecule has 0 radical (unpaired) electrons. The van der Waals surface area contributed by atoms with Gasteiger partial charge in [0.25, 0.3) is 0 Å². The first-order chi connectivity index (χ1) is 9.93. The van der Waals surface area contributed by atoms with Gasteiger partial charge < -0.3 is 10.0 Å². The Morgan fingerprint density at radius 3 is 2.76 bits per heavy atom. The van der Waals surface area contributed by atoms with Gasteiger partial charge in [-0.15, -0.1) is 0 Å². The van der Waals surface area contributed by atoms with Gasteiger partial charge in [0.05, 0.1) is 5.56 Å². The first-order valence-electron chi connectivity index (χ1n) is 7.32. The molecule has 5 nitrogen and oxygen atoms in total. The molecular weight excluding hydrogens is 268 g/mol. The Kier molecular flexibility index (Phi) is 4.50. The van der Waals surface area contributed by atoms with E-state index in [0.29, 0.717) is 18.9 Å². The SMILES string of the molecule is CCC(C)CN(C)C(=O)N1CCc2cc(C(=O)O)ccc21. The van der Waals surface area contributed by atoms with Crippen molar-refractivity contribution in [3.63, 3.8) is 0 Å². The van der Waals surface area contributed by atoms with Crippen molar-refractivity contribution in [2.24, 2.45) is 5.92 Å². The van der Waals surface area contributed by atoms with Gasteiger partial charge in [0.2, 0.25) is 0 Å². The largest absolute Gasteiger partial charge is 0.478 e. The summed E-state index contributed by atoms with van der Waals surface area (Å²) in [6.45, 7) is 5.58. The van der Waals surface area contributed by atoms with Crippen LogP contribution in [0, 0.1) is 5.92 Å². The van der Waals surface area contributed by atoms with Crippen molar-refractivity contribution in [1.82, 2.24) is 4.90 Å². The monoisotopic (exact) mass is 290 g/mol. The van der Waals surface area contributed by atoms with Gasteiger partial charge in [-0.2, -0.15) is 0 Å². The summed E-state index contributed by atoms with van der Waals surface area (Å²) in [6, 6.07) is 4.94. The molecule has 1 N–H and O–H groups in total. The molecule has 1 aromatic rings. The number of rotatable bonds is 4. The fourth-order valence-corrected chi connectivity index (χ4v) is 2.61. The van der Waals surface area contributed by atoms with E-state index in [1.54, 1.807) is 28.0 Å². The van der Waals surface area contributed by atoms with Crippen LogP contribution in [0.4, 0.5) is 10.5 Å². The average molecular weight is 290 g/mol. The number of carboxylic acids is 1. The smallest absolute Gasteiger partial charge is 0.335 e. The third-order valence-corrected chi connectivity index (χ3v) is 4.06. The minimum atomic E-state index is -0.934. The number of nitrogens with zero attached hydrogens (tertiary/aromatic N) is 2. The summed E-state index contributed by atoms with van der Waals surface area (Å²) >= 11 is 0. The van der Waals surface area contributed by atoms with E-state index in [-0.39, 0.29) is 11.6 Å². The van der Waals surface area contributed by atoms with Crippen molar-refractivity contribution in [2.45, 2.75) is 26.7 Å².